The Bertz CT molecular complexity index is 2190. The van der Waals surface area contributed by atoms with Crippen LogP contribution in [0.25, 0.3) is 22.4 Å². The number of benzene rings is 6. The van der Waals surface area contributed by atoms with Crippen molar-refractivity contribution in [2.45, 2.75) is 6.92 Å². The second kappa shape index (κ2) is 10.9. The van der Waals surface area contributed by atoms with Crippen molar-refractivity contribution in [2.75, 3.05) is 9.80 Å². The van der Waals surface area contributed by atoms with E-state index in [1.165, 1.54) is 67.1 Å². The molecule has 9 rings (SSSR count). The summed E-state index contributed by atoms with van der Waals surface area (Å²) in [6.45, 7) is 2.34. The van der Waals surface area contributed by atoms with Crippen LogP contribution in [0.15, 0.2) is 164 Å². The van der Waals surface area contributed by atoms with E-state index in [0.717, 1.165) is 11.4 Å². The summed E-state index contributed by atoms with van der Waals surface area (Å²) < 4.78 is 2.19. The maximum absolute atomic E-state index is 2.47. The van der Waals surface area contributed by atoms with Crippen LogP contribution in [-0.2, 0) is 7.05 Å². The monoisotopic (exact) mass is 602 g/mol. The number of hydrogen-bond acceptors (Lipinski definition) is 2. The molecule has 4 heteroatoms. The fourth-order valence-corrected chi connectivity index (χ4v) is 7.71. The highest BCUT2D eigenvalue weighted by molar-refractivity contribution is 7.00. The van der Waals surface area contributed by atoms with E-state index in [-0.39, 0.29) is 6.71 Å². The summed E-state index contributed by atoms with van der Waals surface area (Å²) in [6.07, 6.45) is 2.11. The molecule has 3 nitrogen and oxygen atoms in total. The molecule has 0 spiro atoms. The standard InChI is InChI=1S/C43H33BN3/c1-30-27-31(24-25-35(30)38-21-13-14-26-45(38)2)32-28-41-43-42(29-32)47(34-17-7-4-8-18-34)40-23-12-10-20-37(40)44(43)36-19-9-11-22-39(36)46(41)33-15-5-3-6-16-33/h3-29H,1-2H3/q+1. The molecule has 2 aliphatic heterocycles. The van der Waals surface area contributed by atoms with Crippen molar-refractivity contribution in [3.05, 3.63) is 169 Å². The molecular formula is C43H33BN3+. The maximum atomic E-state index is 2.47. The first kappa shape index (κ1) is 27.4. The van der Waals surface area contributed by atoms with Gasteiger partial charge in [0, 0.05) is 51.8 Å². The van der Waals surface area contributed by atoms with Crippen LogP contribution < -0.4 is 30.8 Å². The molecule has 0 saturated heterocycles. The molecule has 0 fully saturated rings. The van der Waals surface area contributed by atoms with E-state index in [1.807, 2.05) is 0 Å². The molecule has 0 radical (unpaired) electrons. The summed E-state index contributed by atoms with van der Waals surface area (Å²) in [5.41, 5.74) is 17.3. The second-order valence-electron chi connectivity index (χ2n) is 12.5. The number of fused-ring (bicyclic) bond motifs is 4. The molecule has 0 aliphatic carbocycles. The third-order valence-electron chi connectivity index (χ3n) is 9.80. The Hall–Kier alpha value is -5.87. The minimum absolute atomic E-state index is 0.114. The average molecular weight is 603 g/mol. The Morgan fingerprint density at radius 1 is 0.489 bits per heavy atom. The number of aromatic nitrogens is 1. The second-order valence-corrected chi connectivity index (χ2v) is 12.5. The molecule has 0 amide bonds. The number of para-hydroxylation sites is 4. The topological polar surface area (TPSA) is 10.4 Å². The van der Waals surface area contributed by atoms with Crippen molar-refractivity contribution in [2.24, 2.45) is 7.05 Å². The largest absolute Gasteiger partial charge is 0.311 e. The molecular weight excluding hydrogens is 569 g/mol. The lowest BCUT2D eigenvalue weighted by Gasteiger charge is -2.44. The summed E-state index contributed by atoms with van der Waals surface area (Å²) in [7, 11) is 2.11. The van der Waals surface area contributed by atoms with E-state index in [0.29, 0.717) is 0 Å². The fraction of sp³-hybridized carbons (Fsp3) is 0.0465. The number of hydrogen-bond donors (Lipinski definition) is 0. The first-order valence-electron chi connectivity index (χ1n) is 16.3. The molecule has 0 atom stereocenters. The van der Waals surface area contributed by atoms with Crippen molar-refractivity contribution in [1.82, 2.24) is 0 Å². The summed E-state index contributed by atoms with van der Waals surface area (Å²) in [5.74, 6) is 0. The Morgan fingerprint density at radius 2 is 1.02 bits per heavy atom. The summed E-state index contributed by atoms with van der Waals surface area (Å²) in [6, 6.07) is 57.7. The molecule has 0 bridgehead atoms. The molecule has 0 unspecified atom stereocenters. The predicted molar refractivity (Wildman–Crippen MR) is 197 cm³/mol. The summed E-state index contributed by atoms with van der Waals surface area (Å²) >= 11 is 0. The number of nitrogens with zero attached hydrogens (tertiary/aromatic N) is 3. The van der Waals surface area contributed by atoms with Crippen LogP contribution in [0, 0.1) is 6.92 Å². The van der Waals surface area contributed by atoms with Crippen LogP contribution in [0.1, 0.15) is 5.56 Å². The van der Waals surface area contributed by atoms with E-state index in [4.69, 9.17) is 0 Å². The van der Waals surface area contributed by atoms with Crippen molar-refractivity contribution in [3.8, 4) is 22.4 Å². The van der Waals surface area contributed by atoms with Gasteiger partial charge >= 0.3 is 0 Å². The molecule has 222 valence electrons. The van der Waals surface area contributed by atoms with Gasteiger partial charge in [0.25, 0.3) is 6.71 Å². The van der Waals surface area contributed by atoms with Gasteiger partial charge in [-0.15, -0.1) is 0 Å². The van der Waals surface area contributed by atoms with Crippen molar-refractivity contribution < 1.29 is 4.57 Å². The van der Waals surface area contributed by atoms with Crippen LogP contribution in [0.4, 0.5) is 34.1 Å². The zero-order valence-electron chi connectivity index (χ0n) is 26.5. The van der Waals surface area contributed by atoms with E-state index in [1.54, 1.807) is 0 Å². The van der Waals surface area contributed by atoms with Crippen LogP contribution in [0.5, 0.6) is 0 Å². The lowest BCUT2D eigenvalue weighted by atomic mass is 9.33. The lowest BCUT2D eigenvalue weighted by Crippen LogP contribution is -2.61. The summed E-state index contributed by atoms with van der Waals surface area (Å²) in [5, 5.41) is 0. The molecule has 7 aromatic rings. The third-order valence-corrected chi connectivity index (χ3v) is 9.80. The molecule has 47 heavy (non-hydrogen) atoms. The molecule has 3 heterocycles. The van der Waals surface area contributed by atoms with Crippen LogP contribution in [0.3, 0.4) is 0 Å². The predicted octanol–water partition coefficient (Wildman–Crippen LogP) is 8.24. The van der Waals surface area contributed by atoms with Crippen molar-refractivity contribution in [3.63, 3.8) is 0 Å². The van der Waals surface area contributed by atoms with Gasteiger partial charge in [0.05, 0.1) is 0 Å². The molecule has 6 aromatic carbocycles. The van der Waals surface area contributed by atoms with E-state index >= 15 is 0 Å². The van der Waals surface area contributed by atoms with Gasteiger partial charge < -0.3 is 9.80 Å². The van der Waals surface area contributed by atoms with Crippen LogP contribution >= 0.6 is 0 Å². The van der Waals surface area contributed by atoms with Gasteiger partial charge in [-0.05, 0) is 101 Å². The minimum Gasteiger partial charge on any atom is -0.311 e. The van der Waals surface area contributed by atoms with Gasteiger partial charge in [-0.25, -0.2) is 4.57 Å². The highest BCUT2D eigenvalue weighted by Crippen LogP contribution is 2.45. The molecule has 2 aliphatic rings. The molecule has 1 aromatic heterocycles. The minimum atomic E-state index is 0.114. The Labute approximate surface area is 276 Å². The fourth-order valence-electron chi connectivity index (χ4n) is 7.71. The maximum Gasteiger partial charge on any atom is 0.252 e. The van der Waals surface area contributed by atoms with Gasteiger partial charge in [-0.2, -0.15) is 0 Å². The van der Waals surface area contributed by atoms with Crippen LogP contribution in [-0.4, -0.2) is 6.71 Å². The van der Waals surface area contributed by atoms with E-state index < -0.39 is 0 Å². The first-order valence-corrected chi connectivity index (χ1v) is 16.3. The summed E-state index contributed by atoms with van der Waals surface area (Å²) in [4.78, 5) is 4.94. The van der Waals surface area contributed by atoms with Gasteiger partial charge in [0.15, 0.2) is 6.20 Å². The van der Waals surface area contributed by atoms with E-state index in [9.17, 15) is 0 Å². The average Bonchev–Trinajstić information content (AvgIpc) is 3.12. The quantitative estimate of drug-likeness (QED) is 0.148. The van der Waals surface area contributed by atoms with Crippen LogP contribution in [0.2, 0.25) is 0 Å². The Kier molecular flexibility index (Phi) is 6.36. The van der Waals surface area contributed by atoms with Crippen molar-refractivity contribution in [1.29, 1.82) is 0 Å². The number of rotatable bonds is 4. The zero-order valence-corrected chi connectivity index (χ0v) is 26.5. The molecule has 0 saturated carbocycles. The normalized spacial score (nSPS) is 12.8. The molecule has 0 N–H and O–H groups in total. The number of aryl methyl sites for hydroxylation is 2. The highest BCUT2D eigenvalue weighted by atomic mass is 15.2. The van der Waals surface area contributed by atoms with E-state index in [2.05, 4.69) is 192 Å². The lowest BCUT2D eigenvalue weighted by molar-refractivity contribution is -0.660. The smallest absolute Gasteiger partial charge is 0.252 e. The van der Waals surface area contributed by atoms with Gasteiger partial charge in [0.2, 0.25) is 5.69 Å². The number of pyridine rings is 1. The van der Waals surface area contributed by atoms with Gasteiger partial charge in [-0.3, -0.25) is 0 Å². The SMILES string of the molecule is Cc1cc(-c2cc3c4c(c2)N(c2ccccc2)c2ccccc2B4c2ccccc2N3c2ccccc2)ccc1-c1cccc[n+]1C. The van der Waals surface area contributed by atoms with Gasteiger partial charge in [-0.1, -0.05) is 84.9 Å². The number of anilines is 6. The third kappa shape index (κ3) is 4.33. The highest BCUT2D eigenvalue weighted by Gasteiger charge is 2.43. The van der Waals surface area contributed by atoms with Gasteiger partial charge in [0.1, 0.15) is 7.05 Å². The Morgan fingerprint density at radius 3 is 1.57 bits per heavy atom. The van der Waals surface area contributed by atoms with Crippen molar-refractivity contribution >= 4 is 57.2 Å². The Balaban J connectivity index is 1.34. The first-order chi connectivity index (χ1) is 23.2. The zero-order chi connectivity index (χ0) is 31.5.